The Hall–Kier alpha value is -0.780. The summed E-state index contributed by atoms with van der Waals surface area (Å²) in [7, 11) is 0. The summed E-state index contributed by atoms with van der Waals surface area (Å²) < 4.78 is 0. The molecule has 5 nitrogen and oxygen atoms in total. The van der Waals surface area contributed by atoms with E-state index >= 15 is 0 Å². The fourth-order valence-electron chi connectivity index (χ4n) is 2.30. The van der Waals surface area contributed by atoms with Gasteiger partial charge in [-0.3, -0.25) is 9.59 Å². The van der Waals surface area contributed by atoms with Gasteiger partial charge in [-0.05, 0) is 24.2 Å². The number of carbonyl (C=O) groups is 2. The van der Waals surface area contributed by atoms with Crippen LogP contribution in [0.15, 0.2) is 0 Å². The number of aliphatic hydroxyl groups is 3. The Morgan fingerprint density at radius 3 is 1.84 bits per heavy atom. The van der Waals surface area contributed by atoms with Crippen molar-refractivity contribution in [3.05, 3.63) is 0 Å². The molecule has 0 saturated carbocycles. The van der Waals surface area contributed by atoms with Gasteiger partial charge in [0.2, 0.25) is 11.6 Å². The number of rotatable bonds is 9. The fraction of sp³-hybridized carbons (Fsp3) is 0.857. The normalized spacial score (nSPS) is 15.1. The van der Waals surface area contributed by atoms with Gasteiger partial charge in [0.05, 0.1) is 6.61 Å². The molecule has 0 aromatic heterocycles. The van der Waals surface area contributed by atoms with Crippen LogP contribution in [-0.2, 0) is 9.59 Å². The highest BCUT2D eigenvalue weighted by Crippen LogP contribution is 2.25. The van der Waals surface area contributed by atoms with Crippen LogP contribution < -0.4 is 0 Å². The molecule has 0 fully saturated rings. The first-order valence-electron chi connectivity index (χ1n) is 6.76. The predicted molar refractivity (Wildman–Crippen MR) is 71.5 cm³/mol. The molecular weight excluding hydrogens is 248 g/mol. The van der Waals surface area contributed by atoms with E-state index in [4.69, 9.17) is 10.2 Å². The maximum absolute atomic E-state index is 11.7. The fourth-order valence-corrected chi connectivity index (χ4v) is 2.30. The van der Waals surface area contributed by atoms with Crippen LogP contribution in [0.4, 0.5) is 0 Å². The largest absolute Gasteiger partial charge is 0.394 e. The van der Waals surface area contributed by atoms with Crippen molar-refractivity contribution in [2.45, 2.75) is 52.7 Å². The summed E-state index contributed by atoms with van der Waals surface area (Å²) in [5.41, 5.74) is 0. The Balaban J connectivity index is 4.42. The molecule has 0 saturated heterocycles. The lowest BCUT2D eigenvalue weighted by atomic mass is 9.81. The summed E-state index contributed by atoms with van der Waals surface area (Å²) in [6, 6.07) is 0. The van der Waals surface area contributed by atoms with Crippen LogP contribution >= 0.6 is 0 Å². The minimum atomic E-state index is -1.82. The van der Waals surface area contributed by atoms with E-state index in [0.717, 1.165) is 0 Å². The van der Waals surface area contributed by atoms with Crippen molar-refractivity contribution in [2.75, 3.05) is 6.61 Å². The summed E-state index contributed by atoms with van der Waals surface area (Å²) in [4.78, 5) is 23.2. The zero-order chi connectivity index (χ0) is 15.2. The summed E-state index contributed by atoms with van der Waals surface area (Å²) in [6.07, 6.45) is -2.77. The van der Waals surface area contributed by atoms with Crippen molar-refractivity contribution in [1.29, 1.82) is 0 Å². The van der Waals surface area contributed by atoms with E-state index in [0.29, 0.717) is 24.2 Å². The average Bonchev–Trinajstić information content (AvgIpc) is 2.34. The highest BCUT2D eigenvalue weighted by molar-refractivity contribution is 6.38. The predicted octanol–water partition coefficient (Wildman–Crippen LogP) is 0.547. The molecule has 2 atom stereocenters. The molecule has 0 radical (unpaired) electrons. The molecular formula is C14H26O5. The zero-order valence-electron chi connectivity index (χ0n) is 12.2. The lowest BCUT2D eigenvalue weighted by Gasteiger charge is -2.24. The van der Waals surface area contributed by atoms with Crippen LogP contribution in [0.25, 0.3) is 0 Å². The standard InChI is InChI=1S/C14H26O5/c1-8(2)10(9(3)4)5-6-11(16)13(18)14(19)12(17)7-15/h8-10,12,14-15,17,19H,5-7H2,1-4H3/t12-,14-/m1/s1. The lowest BCUT2D eigenvalue weighted by molar-refractivity contribution is -0.146. The number of Topliss-reactive ketones (excluding diaryl/α,β-unsaturated/α-hetero) is 2. The monoisotopic (exact) mass is 274 g/mol. The topological polar surface area (TPSA) is 94.8 Å². The highest BCUT2D eigenvalue weighted by Gasteiger charge is 2.29. The summed E-state index contributed by atoms with van der Waals surface area (Å²) in [5, 5.41) is 27.1. The Morgan fingerprint density at radius 2 is 1.47 bits per heavy atom. The maximum atomic E-state index is 11.7. The number of hydrogen-bond acceptors (Lipinski definition) is 5. The minimum Gasteiger partial charge on any atom is -0.394 e. The van der Waals surface area contributed by atoms with E-state index in [1.54, 1.807) is 0 Å². The van der Waals surface area contributed by atoms with Gasteiger partial charge in [0, 0.05) is 6.42 Å². The molecule has 0 aromatic carbocycles. The van der Waals surface area contributed by atoms with Gasteiger partial charge >= 0.3 is 0 Å². The number of carbonyl (C=O) groups excluding carboxylic acids is 2. The van der Waals surface area contributed by atoms with Crippen LogP contribution in [0, 0.1) is 17.8 Å². The maximum Gasteiger partial charge on any atom is 0.229 e. The van der Waals surface area contributed by atoms with Crippen molar-refractivity contribution in [3.63, 3.8) is 0 Å². The summed E-state index contributed by atoms with van der Waals surface area (Å²) >= 11 is 0. The molecule has 112 valence electrons. The molecule has 0 aliphatic rings. The van der Waals surface area contributed by atoms with E-state index in [1.807, 2.05) is 0 Å². The minimum absolute atomic E-state index is 0.0646. The molecule has 0 heterocycles. The molecule has 19 heavy (non-hydrogen) atoms. The van der Waals surface area contributed by atoms with Crippen LogP contribution in [0.3, 0.4) is 0 Å². The first kappa shape index (κ1) is 18.2. The van der Waals surface area contributed by atoms with Crippen molar-refractivity contribution in [2.24, 2.45) is 17.8 Å². The third kappa shape index (κ3) is 5.80. The molecule has 0 unspecified atom stereocenters. The highest BCUT2D eigenvalue weighted by atomic mass is 16.4. The van der Waals surface area contributed by atoms with E-state index in [9.17, 15) is 14.7 Å². The number of hydrogen-bond donors (Lipinski definition) is 3. The van der Waals surface area contributed by atoms with E-state index in [-0.39, 0.29) is 6.42 Å². The molecule has 0 bridgehead atoms. The Morgan fingerprint density at radius 1 is 1.00 bits per heavy atom. The quantitative estimate of drug-likeness (QED) is 0.534. The van der Waals surface area contributed by atoms with Crippen molar-refractivity contribution in [1.82, 2.24) is 0 Å². The van der Waals surface area contributed by atoms with Gasteiger partial charge in [-0.2, -0.15) is 0 Å². The first-order chi connectivity index (χ1) is 8.72. The van der Waals surface area contributed by atoms with E-state index in [1.165, 1.54) is 0 Å². The van der Waals surface area contributed by atoms with Crippen molar-refractivity contribution in [3.8, 4) is 0 Å². The molecule has 0 aliphatic heterocycles. The van der Waals surface area contributed by atoms with Gasteiger partial charge in [-0.15, -0.1) is 0 Å². The van der Waals surface area contributed by atoms with Crippen molar-refractivity contribution >= 4 is 11.6 Å². The Bertz CT molecular complexity index is 290. The van der Waals surface area contributed by atoms with Gasteiger partial charge in [0.25, 0.3) is 0 Å². The van der Waals surface area contributed by atoms with E-state index in [2.05, 4.69) is 27.7 Å². The average molecular weight is 274 g/mol. The third-order valence-electron chi connectivity index (χ3n) is 3.51. The second-order valence-corrected chi connectivity index (χ2v) is 5.67. The molecule has 0 spiro atoms. The molecule has 0 aromatic rings. The van der Waals surface area contributed by atoms with Crippen LogP contribution in [0.2, 0.25) is 0 Å². The SMILES string of the molecule is CC(C)C(CCC(=O)C(=O)[C@H](O)[C@H](O)CO)C(C)C. The van der Waals surface area contributed by atoms with Crippen LogP contribution in [0.1, 0.15) is 40.5 Å². The van der Waals surface area contributed by atoms with Crippen LogP contribution in [-0.4, -0.2) is 45.7 Å². The molecule has 0 rings (SSSR count). The first-order valence-corrected chi connectivity index (χ1v) is 6.76. The second kappa shape index (κ2) is 8.40. The third-order valence-corrected chi connectivity index (χ3v) is 3.51. The van der Waals surface area contributed by atoms with Crippen molar-refractivity contribution < 1.29 is 24.9 Å². The van der Waals surface area contributed by atoms with Crippen LogP contribution in [0.5, 0.6) is 0 Å². The van der Waals surface area contributed by atoms with Gasteiger partial charge in [0.1, 0.15) is 12.2 Å². The second-order valence-electron chi connectivity index (χ2n) is 5.67. The molecule has 5 heteroatoms. The van der Waals surface area contributed by atoms with Gasteiger partial charge < -0.3 is 15.3 Å². The summed E-state index contributed by atoms with van der Waals surface area (Å²) in [6.45, 7) is 7.53. The van der Waals surface area contributed by atoms with E-state index < -0.39 is 30.4 Å². The molecule has 3 N–H and O–H groups in total. The smallest absolute Gasteiger partial charge is 0.229 e. The molecule has 0 amide bonds. The summed E-state index contributed by atoms with van der Waals surface area (Å²) in [5.74, 6) is -0.553. The zero-order valence-corrected chi connectivity index (χ0v) is 12.2. The Labute approximate surface area is 114 Å². The van der Waals surface area contributed by atoms with Gasteiger partial charge in [-0.25, -0.2) is 0 Å². The number of ketones is 2. The van der Waals surface area contributed by atoms with Gasteiger partial charge in [-0.1, -0.05) is 27.7 Å². The number of aliphatic hydroxyl groups excluding tert-OH is 3. The lowest BCUT2D eigenvalue weighted by Crippen LogP contribution is -2.40. The Kier molecular flexibility index (Phi) is 8.06. The molecule has 0 aliphatic carbocycles. The van der Waals surface area contributed by atoms with Gasteiger partial charge in [0.15, 0.2) is 0 Å².